The number of nitrogens with zero attached hydrogens (tertiary/aromatic N) is 1. The summed E-state index contributed by atoms with van der Waals surface area (Å²) in [5.74, 6) is 2.57. The molecule has 1 saturated heterocycles. The Hall–Kier alpha value is -1.36. The largest absolute Gasteiger partial charge is 0.491 e. The van der Waals surface area contributed by atoms with Crippen molar-refractivity contribution in [2.75, 3.05) is 17.6 Å². The standard InChI is InChI=1S/C16H25N3OS/c1-12(2)20-14-7-5-13(6-8-14)19-15(17)18-11-16(3)9-4-10-21-16/h5-8,12H,4,9-11H2,1-3H3,(H3,17,18,19). The highest BCUT2D eigenvalue weighted by atomic mass is 32.2. The van der Waals surface area contributed by atoms with Crippen molar-refractivity contribution >= 4 is 23.4 Å². The molecule has 1 aromatic rings. The van der Waals surface area contributed by atoms with E-state index < -0.39 is 0 Å². The van der Waals surface area contributed by atoms with Gasteiger partial charge in [-0.2, -0.15) is 11.8 Å². The van der Waals surface area contributed by atoms with Crippen molar-refractivity contribution in [1.82, 2.24) is 0 Å². The lowest BCUT2D eigenvalue weighted by Gasteiger charge is -2.20. The highest BCUT2D eigenvalue weighted by molar-refractivity contribution is 8.00. The third-order valence-corrected chi connectivity index (χ3v) is 4.91. The molecular formula is C16H25N3OS. The van der Waals surface area contributed by atoms with Gasteiger partial charge in [0.15, 0.2) is 5.96 Å². The molecule has 0 saturated carbocycles. The third kappa shape index (κ3) is 5.16. The summed E-state index contributed by atoms with van der Waals surface area (Å²) < 4.78 is 5.86. The second-order valence-corrected chi connectivity index (χ2v) is 7.60. The van der Waals surface area contributed by atoms with Gasteiger partial charge in [0.2, 0.25) is 0 Å². The van der Waals surface area contributed by atoms with E-state index in [1.54, 1.807) is 0 Å². The molecule has 3 N–H and O–H groups in total. The van der Waals surface area contributed by atoms with Crippen LogP contribution in [0.25, 0.3) is 0 Å². The van der Waals surface area contributed by atoms with Crippen LogP contribution in [0, 0.1) is 0 Å². The van der Waals surface area contributed by atoms with Crippen molar-refractivity contribution in [1.29, 1.82) is 0 Å². The van der Waals surface area contributed by atoms with Crippen molar-refractivity contribution in [3.63, 3.8) is 0 Å². The first-order valence-electron chi connectivity index (χ1n) is 7.44. The summed E-state index contributed by atoms with van der Waals surface area (Å²) in [4.78, 5) is 4.48. The van der Waals surface area contributed by atoms with Gasteiger partial charge in [0.05, 0.1) is 12.6 Å². The summed E-state index contributed by atoms with van der Waals surface area (Å²) >= 11 is 1.99. The molecule has 0 bridgehead atoms. The molecule has 21 heavy (non-hydrogen) atoms. The maximum Gasteiger partial charge on any atom is 0.193 e. The van der Waals surface area contributed by atoms with Gasteiger partial charge in [-0.05, 0) is 63.6 Å². The minimum absolute atomic E-state index is 0.181. The summed E-state index contributed by atoms with van der Waals surface area (Å²) in [6.45, 7) is 7.06. The molecule has 2 rings (SSSR count). The molecule has 0 spiro atoms. The van der Waals surface area contributed by atoms with Gasteiger partial charge in [-0.1, -0.05) is 0 Å². The van der Waals surface area contributed by atoms with Gasteiger partial charge in [0.25, 0.3) is 0 Å². The van der Waals surface area contributed by atoms with E-state index in [2.05, 4.69) is 17.2 Å². The van der Waals surface area contributed by atoms with Crippen LogP contribution in [0.15, 0.2) is 29.3 Å². The van der Waals surface area contributed by atoms with Crippen LogP contribution >= 0.6 is 11.8 Å². The number of ether oxygens (including phenoxy) is 1. The van der Waals surface area contributed by atoms with Crippen molar-refractivity contribution < 1.29 is 4.74 Å². The monoisotopic (exact) mass is 307 g/mol. The molecule has 0 aromatic heterocycles. The number of aliphatic imine (C=N–C) groups is 1. The quantitative estimate of drug-likeness (QED) is 0.646. The molecule has 1 aliphatic rings. The lowest BCUT2D eigenvalue weighted by atomic mass is 10.1. The topological polar surface area (TPSA) is 59.6 Å². The van der Waals surface area contributed by atoms with Gasteiger partial charge in [-0.25, -0.2) is 0 Å². The summed E-state index contributed by atoms with van der Waals surface area (Å²) in [5, 5.41) is 3.13. The molecule has 0 aliphatic carbocycles. The minimum Gasteiger partial charge on any atom is -0.491 e. The molecule has 1 unspecified atom stereocenters. The highest BCUT2D eigenvalue weighted by Gasteiger charge is 2.28. The van der Waals surface area contributed by atoms with E-state index in [4.69, 9.17) is 10.5 Å². The Balaban J connectivity index is 1.88. The Morgan fingerprint density at radius 2 is 2.14 bits per heavy atom. The van der Waals surface area contributed by atoms with Crippen LogP contribution in [0.3, 0.4) is 0 Å². The number of nitrogens with two attached hydrogens (primary N) is 1. The fraction of sp³-hybridized carbons (Fsp3) is 0.562. The highest BCUT2D eigenvalue weighted by Crippen LogP contribution is 2.37. The van der Waals surface area contributed by atoms with Crippen molar-refractivity contribution in [2.24, 2.45) is 10.7 Å². The molecular weight excluding hydrogens is 282 g/mol. The van der Waals surface area contributed by atoms with E-state index in [1.807, 2.05) is 49.9 Å². The van der Waals surface area contributed by atoms with E-state index in [-0.39, 0.29) is 10.9 Å². The molecule has 0 radical (unpaired) electrons. The molecule has 1 heterocycles. The van der Waals surface area contributed by atoms with E-state index in [0.717, 1.165) is 18.0 Å². The first-order valence-corrected chi connectivity index (χ1v) is 8.43. The number of benzene rings is 1. The Kier molecular flexibility index (Phi) is 5.39. The number of rotatable bonds is 5. The lowest BCUT2D eigenvalue weighted by Crippen LogP contribution is -2.27. The minimum atomic E-state index is 0.181. The molecule has 4 nitrogen and oxygen atoms in total. The summed E-state index contributed by atoms with van der Waals surface area (Å²) in [7, 11) is 0. The van der Waals surface area contributed by atoms with E-state index in [1.165, 1.54) is 18.6 Å². The number of thioether (sulfide) groups is 1. The first-order chi connectivity index (χ1) is 9.97. The third-order valence-electron chi connectivity index (χ3n) is 3.38. The average molecular weight is 307 g/mol. The number of guanidine groups is 1. The summed E-state index contributed by atoms with van der Waals surface area (Å²) in [5.41, 5.74) is 6.89. The van der Waals surface area contributed by atoms with E-state index >= 15 is 0 Å². The number of anilines is 1. The lowest BCUT2D eigenvalue weighted by molar-refractivity contribution is 0.242. The maximum absolute atomic E-state index is 5.96. The molecule has 0 amide bonds. The zero-order chi connectivity index (χ0) is 15.3. The fourth-order valence-corrected chi connectivity index (χ4v) is 3.52. The van der Waals surface area contributed by atoms with Crippen LogP contribution in [-0.2, 0) is 0 Å². The Morgan fingerprint density at radius 3 is 2.71 bits per heavy atom. The van der Waals surface area contributed by atoms with Crippen LogP contribution in [0.2, 0.25) is 0 Å². The summed E-state index contributed by atoms with van der Waals surface area (Å²) in [6.07, 6.45) is 2.68. The molecule has 1 atom stereocenters. The van der Waals surface area contributed by atoms with Crippen LogP contribution < -0.4 is 15.8 Å². The van der Waals surface area contributed by atoms with Crippen LogP contribution in [0.4, 0.5) is 5.69 Å². The zero-order valence-corrected chi connectivity index (χ0v) is 13.9. The average Bonchev–Trinajstić information content (AvgIpc) is 2.86. The second kappa shape index (κ2) is 7.07. The van der Waals surface area contributed by atoms with Gasteiger partial charge in [-0.15, -0.1) is 0 Å². The SMILES string of the molecule is CC(C)Oc1ccc(NC(N)=NCC2(C)CCCS2)cc1. The summed E-state index contributed by atoms with van der Waals surface area (Å²) in [6, 6.07) is 7.77. The van der Waals surface area contributed by atoms with Gasteiger partial charge >= 0.3 is 0 Å². The van der Waals surface area contributed by atoms with Crippen LogP contribution in [-0.4, -0.2) is 29.1 Å². The van der Waals surface area contributed by atoms with Crippen molar-refractivity contribution in [3.05, 3.63) is 24.3 Å². The molecule has 1 aliphatic heterocycles. The van der Waals surface area contributed by atoms with Gasteiger partial charge < -0.3 is 15.8 Å². The molecule has 1 aromatic carbocycles. The molecule has 5 heteroatoms. The predicted molar refractivity (Wildman–Crippen MR) is 92.4 cm³/mol. The van der Waals surface area contributed by atoms with Gasteiger partial charge in [0, 0.05) is 10.4 Å². The number of hydrogen-bond acceptors (Lipinski definition) is 3. The van der Waals surface area contributed by atoms with Gasteiger partial charge in [-0.3, -0.25) is 4.99 Å². The van der Waals surface area contributed by atoms with E-state index in [0.29, 0.717) is 5.96 Å². The fourth-order valence-electron chi connectivity index (χ4n) is 2.29. The molecule has 116 valence electrons. The Labute approximate surface area is 131 Å². The zero-order valence-electron chi connectivity index (χ0n) is 13.1. The Bertz CT molecular complexity index is 479. The van der Waals surface area contributed by atoms with Gasteiger partial charge in [0.1, 0.15) is 5.75 Å². The number of nitrogens with one attached hydrogen (secondary N) is 1. The Morgan fingerprint density at radius 1 is 1.43 bits per heavy atom. The van der Waals surface area contributed by atoms with Crippen LogP contribution in [0.1, 0.15) is 33.6 Å². The van der Waals surface area contributed by atoms with Crippen molar-refractivity contribution in [3.8, 4) is 5.75 Å². The first kappa shape index (κ1) is 16.0. The van der Waals surface area contributed by atoms with Crippen LogP contribution in [0.5, 0.6) is 5.75 Å². The maximum atomic E-state index is 5.96. The normalized spacial score (nSPS) is 22.6. The second-order valence-electron chi connectivity index (χ2n) is 5.92. The van der Waals surface area contributed by atoms with E-state index in [9.17, 15) is 0 Å². The number of hydrogen-bond donors (Lipinski definition) is 2. The van der Waals surface area contributed by atoms with Crippen molar-refractivity contribution in [2.45, 2.75) is 44.5 Å². The smallest absolute Gasteiger partial charge is 0.193 e. The molecule has 1 fully saturated rings. The predicted octanol–water partition coefficient (Wildman–Crippen LogP) is 3.49.